The molecular weight excluding hydrogens is 197 g/mol. The molecule has 78 valence electrons. The SMILES string of the molecule is N#Cc1cc(CCCC(=O)O)ccc1F. The molecule has 3 nitrogen and oxygen atoms in total. The van der Waals surface area contributed by atoms with E-state index in [4.69, 9.17) is 10.4 Å². The predicted molar refractivity (Wildman–Crippen MR) is 51.7 cm³/mol. The van der Waals surface area contributed by atoms with Crippen LogP contribution in [0.4, 0.5) is 4.39 Å². The molecule has 0 spiro atoms. The third-order valence-electron chi connectivity index (χ3n) is 2.01. The van der Waals surface area contributed by atoms with Crippen LogP contribution in [0.1, 0.15) is 24.0 Å². The Labute approximate surface area is 86.8 Å². The Kier molecular flexibility index (Phi) is 3.81. The van der Waals surface area contributed by atoms with Gasteiger partial charge < -0.3 is 5.11 Å². The van der Waals surface area contributed by atoms with Crippen molar-refractivity contribution in [2.24, 2.45) is 0 Å². The maximum atomic E-state index is 12.9. The first kappa shape index (κ1) is 11.2. The van der Waals surface area contributed by atoms with E-state index in [1.54, 1.807) is 12.1 Å². The average Bonchev–Trinajstić information content (AvgIpc) is 2.20. The molecule has 4 heteroatoms. The first-order valence-corrected chi connectivity index (χ1v) is 4.54. The summed E-state index contributed by atoms with van der Waals surface area (Å²) in [5, 5.41) is 17.0. The van der Waals surface area contributed by atoms with Crippen molar-refractivity contribution in [3.63, 3.8) is 0 Å². The molecule has 0 saturated heterocycles. The van der Waals surface area contributed by atoms with Crippen molar-refractivity contribution in [1.29, 1.82) is 5.26 Å². The quantitative estimate of drug-likeness (QED) is 0.822. The lowest BCUT2D eigenvalue weighted by molar-refractivity contribution is -0.137. The topological polar surface area (TPSA) is 61.1 Å². The number of carboxylic acids is 1. The third kappa shape index (κ3) is 3.39. The number of benzene rings is 1. The minimum atomic E-state index is -0.849. The molecule has 15 heavy (non-hydrogen) atoms. The summed E-state index contributed by atoms with van der Waals surface area (Å²) in [5.74, 6) is -1.39. The number of hydrogen-bond acceptors (Lipinski definition) is 2. The number of carboxylic acid groups (broad SMARTS) is 1. The summed E-state index contributed by atoms with van der Waals surface area (Å²) in [6, 6.07) is 6.00. The highest BCUT2D eigenvalue weighted by atomic mass is 19.1. The fourth-order valence-electron chi connectivity index (χ4n) is 1.26. The molecular formula is C11H10FNO2. The molecule has 0 aliphatic carbocycles. The lowest BCUT2D eigenvalue weighted by Gasteiger charge is -2.00. The van der Waals surface area contributed by atoms with Crippen LogP contribution in [0.2, 0.25) is 0 Å². The van der Waals surface area contributed by atoms with Crippen molar-refractivity contribution >= 4 is 5.97 Å². The van der Waals surface area contributed by atoms with Crippen molar-refractivity contribution in [2.45, 2.75) is 19.3 Å². The number of nitriles is 1. The molecule has 0 fully saturated rings. The second-order valence-electron chi connectivity index (χ2n) is 3.17. The molecule has 0 unspecified atom stereocenters. The standard InChI is InChI=1S/C11H10FNO2/c12-10-5-4-8(6-9(10)7-13)2-1-3-11(14)15/h4-6H,1-3H2,(H,14,15). The van der Waals surface area contributed by atoms with E-state index in [1.807, 2.05) is 0 Å². The van der Waals surface area contributed by atoms with Crippen LogP contribution in [0.15, 0.2) is 18.2 Å². The predicted octanol–water partition coefficient (Wildman–Crippen LogP) is 2.10. The van der Waals surface area contributed by atoms with E-state index < -0.39 is 11.8 Å². The van der Waals surface area contributed by atoms with Crippen LogP contribution in [0.25, 0.3) is 0 Å². The minimum Gasteiger partial charge on any atom is -0.481 e. The van der Waals surface area contributed by atoms with Gasteiger partial charge in [0, 0.05) is 6.42 Å². The molecule has 0 saturated carbocycles. The Morgan fingerprint density at radius 2 is 2.27 bits per heavy atom. The van der Waals surface area contributed by atoms with E-state index in [-0.39, 0.29) is 12.0 Å². The van der Waals surface area contributed by atoms with Gasteiger partial charge in [-0.25, -0.2) is 4.39 Å². The highest BCUT2D eigenvalue weighted by Crippen LogP contribution is 2.11. The van der Waals surface area contributed by atoms with Gasteiger partial charge in [-0.15, -0.1) is 0 Å². The van der Waals surface area contributed by atoms with Crippen molar-refractivity contribution in [3.05, 3.63) is 35.1 Å². The molecule has 1 N–H and O–H groups in total. The number of hydrogen-bond donors (Lipinski definition) is 1. The first-order valence-electron chi connectivity index (χ1n) is 4.54. The van der Waals surface area contributed by atoms with Gasteiger partial charge in [-0.1, -0.05) is 6.07 Å². The van der Waals surface area contributed by atoms with Crippen LogP contribution in [-0.2, 0) is 11.2 Å². The Balaban J connectivity index is 2.63. The van der Waals surface area contributed by atoms with Gasteiger partial charge in [0.25, 0.3) is 0 Å². The van der Waals surface area contributed by atoms with Gasteiger partial charge >= 0.3 is 5.97 Å². The molecule has 1 aromatic rings. The van der Waals surface area contributed by atoms with Gasteiger partial charge in [-0.2, -0.15) is 5.26 Å². The van der Waals surface area contributed by atoms with Gasteiger partial charge in [-0.05, 0) is 30.5 Å². The first-order chi connectivity index (χ1) is 7.13. The summed E-state index contributed by atoms with van der Waals surface area (Å²) in [5.41, 5.74) is 0.789. The third-order valence-corrected chi connectivity index (χ3v) is 2.01. The van der Waals surface area contributed by atoms with Gasteiger partial charge in [-0.3, -0.25) is 4.79 Å². The Bertz CT molecular complexity index is 410. The van der Waals surface area contributed by atoms with Crippen LogP contribution in [0, 0.1) is 17.1 Å². The molecule has 0 bridgehead atoms. The molecule has 1 aromatic carbocycles. The smallest absolute Gasteiger partial charge is 0.303 e. The molecule has 1 rings (SSSR count). The summed E-state index contributed by atoms with van der Waals surface area (Å²) >= 11 is 0. The Morgan fingerprint density at radius 3 is 2.87 bits per heavy atom. The minimum absolute atomic E-state index is 0.00262. The monoisotopic (exact) mass is 207 g/mol. The van der Waals surface area contributed by atoms with Crippen molar-refractivity contribution in [1.82, 2.24) is 0 Å². The van der Waals surface area contributed by atoms with E-state index in [9.17, 15) is 9.18 Å². The largest absolute Gasteiger partial charge is 0.481 e. The Morgan fingerprint density at radius 1 is 1.53 bits per heavy atom. The van der Waals surface area contributed by atoms with Crippen molar-refractivity contribution < 1.29 is 14.3 Å². The zero-order valence-electron chi connectivity index (χ0n) is 8.03. The molecule has 0 aliphatic rings. The van der Waals surface area contributed by atoms with Crippen LogP contribution in [0.5, 0.6) is 0 Å². The maximum Gasteiger partial charge on any atom is 0.303 e. The van der Waals surface area contributed by atoms with Crippen LogP contribution in [0.3, 0.4) is 0 Å². The highest BCUT2D eigenvalue weighted by Gasteiger charge is 2.03. The van der Waals surface area contributed by atoms with E-state index in [0.29, 0.717) is 12.8 Å². The normalized spacial score (nSPS) is 9.60. The summed E-state index contributed by atoms with van der Waals surface area (Å²) in [6.07, 6.45) is 1.12. The Hall–Kier alpha value is -1.89. The lowest BCUT2D eigenvalue weighted by atomic mass is 10.1. The average molecular weight is 207 g/mol. The summed E-state index contributed by atoms with van der Waals surface area (Å²) in [6.45, 7) is 0. The number of halogens is 1. The molecule has 0 amide bonds. The number of aliphatic carboxylic acids is 1. The van der Waals surface area contributed by atoms with Crippen LogP contribution < -0.4 is 0 Å². The summed E-state index contributed by atoms with van der Waals surface area (Å²) in [4.78, 5) is 10.3. The van der Waals surface area contributed by atoms with E-state index >= 15 is 0 Å². The number of rotatable bonds is 4. The number of carbonyl (C=O) groups is 1. The van der Waals surface area contributed by atoms with Gasteiger partial charge in [0.05, 0.1) is 5.56 Å². The fraction of sp³-hybridized carbons (Fsp3) is 0.273. The zero-order valence-corrected chi connectivity index (χ0v) is 8.03. The highest BCUT2D eigenvalue weighted by molar-refractivity contribution is 5.66. The zero-order chi connectivity index (χ0) is 11.3. The van der Waals surface area contributed by atoms with Crippen LogP contribution in [-0.4, -0.2) is 11.1 Å². The van der Waals surface area contributed by atoms with Gasteiger partial charge in [0.15, 0.2) is 0 Å². The molecule has 0 atom stereocenters. The second kappa shape index (κ2) is 5.11. The molecule has 0 aliphatic heterocycles. The number of aryl methyl sites for hydroxylation is 1. The van der Waals surface area contributed by atoms with E-state index in [0.717, 1.165) is 5.56 Å². The van der Waals surface area contributed by atoms with Crippen molar-refractivity contribution in [3.8, 4) is 6.07 Å². The number of nitrogens with zero attached hydrogens (tertiary/aromatic N) is 1. The van der Waals surface area contributed by atoms with E-state index in [1.165, 1.54) is 12.1 Å². The maximum absolute atomic E-state index is 12.9. The summed E-state index contributed by atoms with van der Waals surface area (Å²) < 4.78 is 12.9. The van der Waals surface area contributed by atoms with Crippen molar-refractivity contribution in [2.75, 3.05) is 0 Å². The van der Waals surface area contributed by atoms with Gasteiger partial charge in [0.2, 0.25) is 0 Å². The molecule has 0 radical (unpaired) electrons. The van der Waals surface area contributed by atoms with Gasteiger partial charge in [0.1, 0.15) is 11.9 Å². The van der Waals surface area contributed by atoms with Crippen LogP contribution >= 0.6 is 0 Å². The lowest BCUT2D eigenvalue weighted by Crippen LogP contribution is -1.96. The fourth-order valence-corrected chi connectivity index (χ4v) is 1.26. The molecule has 0 aromatic heterocycles. The second-order valence-corrected chi connectivity index (χ2v) is 3.17. The van der Waals surface area contributed by atoms with E-state index in [2.05, 4.69) is 0 Å². The summed E-state index contributed by atoms with van der Waals surface area (Å²) in [7, 11) is 0. The molecule has 0 heterocycles.